The molecule has 0 unspecified atom stereocenters. The maximum Gasteiger partial charge on any atom is 0.346 e. The Morgan fingerprint density at radius 1 is 1.17 bits per heavy atom. The van der Waals surface area contributed by atoms with Gasteiger partial charge in [-0.15, -0.1) is 0 Å². The van der Waals surface area contributed by atoms with Crippen LogP contribution in [0.2, 0.25) is 0 Å². The summed E-state index contributed by atoms with van der Waals surface area (Å²) < 4.78 is 15.9. The largest absolute Gasteiger partial charge is 0.477 e. The summed E-state index contributed by atoms with van der Waals surface area (Å²) in [6, 6.07) is 15.4. The molecule has 5 heteroatoms. The predicted octanol–water partition coefficient (Wildman–Crippen LogP) is 3.76. The number of carboxylic acid groups (broad SMARTS) is 1. The second-order valence-electron chi connectivity index (χ2n) is 4.90. The summed E-state index contributed by atoms with van der Waals surface area (Å²) in [5, 5.41) is 18.5. The summed E-state index contributed by atoms with van der Waals surface area (Å²) in [5.74, 6) is -1.73. The maximum absolute atomic E-state index is 14.3. The molecule has 3 rings (SSSR count). The fourth-order valence-electron chi connectivity index (χ4n) is 2.47. The van der Waals surface area contributed by atoms with Crippen molar-refractivity contribution >= 4 is 22.9 Å². The van der Waals surface area contributed by atoms with E-state index >= 15 is 0 Å². The Labute approximate surface area is 131 Å². The fourth-order valence-corrected chi connectivity index (χ4v) is 2.47. The minimum atomic E-state index is -1.32. The highest BCUT2D eigenvalue weighted by Crippen LogP contribution is 2.28. The van der Waals surface area contributed by atoms with Gasteiger partial charge in [0.2, 0.25) is 0 Å². The molecule has 0 aliphatic heterocycles. The highest BCUT2D eigenvalue weighted by atomic mass is 19.1. The van der Waals surface area contributed by atoms with E-state index in [2.05, 4.69) is 0 Å². The van der Waals surface area contributed by atoms with Crippen molar-refractivity contribution in [1.29, 1.82) is 5.26 Å². The molecule has 1 N–H and O–H groups in total. The van der Waals surface area contributed by atoms with Crippen LogP contribution in [0.4, 0.5) is 4.39 Å². The Morgan fingerprint density at radius 2 is 1.91 bits per heavy atom. The normalized spacial score (nSPS) is 11.4. The van der Waals surface area contributed by atoms with Crippen LogP contribution >= 0.6 is 0 Å². The van der Waals surface area contributed by atoms with Gasteiger partial charge in [-0.1, -0.05) is 30.3 Å². The van der Waals surface area contributed by atoms with Gasteiger partial charge in [0.1, 0.15) is 17.5 Å². The number of para-hydroxylation sites is 2. The molecule has 0 fully saturated rings. The Morgan fingerprint density at radius 3 is 2.57 bits per heavy atom. The summed E-state index contributed by atoms with van der Waals surface area (Å²) in [4.78, 5) is 11.0. The van der Waals surface area contributed by atoms with E-state index in [-0.39, 0.29) is 0 Å². The van der Waals surface area contributed by atoms with Gasteiger partial charge in [0.25, 0.3) is 0 Å². The molecule has 0 spiro atoms. The maximum atomic E-state index is 14.3. The Balaban J connectivity index is 2.32. The van der Waals surface area contributed by atoms with Crippen LogP contribution in [0.5, 0.6) is 0 Å². The Hall–Kier alpha value is -3.39. The molecule has 23 heavy (non-hydrogen) atoms. The van der Waals surface area contributed by atoms with Crippen molar-refractivity contribution in [3.05, 3.63) is 71.7 Å². The lowest BCUT2D eigenvalue weighted by atomic mass is 10.1. The standard InChI is InChI=1S/C18H11FN2O2/c19-16-8-4-7-15-13(9-12(10-20)18(22)23)11-21(17(15)16)14-5-2-1-3-6-14/h1-9,11H,(H,22,23)/b12-9+. The number of fused-ring (bicyclic) bond motifs is 1. The molecule has 2 aromatic carbocycles. The first-order valence-electron chi connectivity index (χ1n) is 6.82. The van der Waals surface area contributed by atoms with Crippen molar-refractivity contribution in [1.82, 2.24) is 4.57 Å². The van der Waals surface area contributed by atoms with Crippen molar-refractivity contribution in [2.24, 2.45) is 0 Å². The van der Waals surface area contributed by atoms with Gasteiger partial charge >= 0.3 is 5.97 Å². The van der Waals surface area contributed by atoms with Gasteiger partial charge in [0, 0.05) is 22.8 Å². The SMILES string of the molecule is N#C/C(=C\c1cn(-c2ccccc2)c2c(F)cccc12)C(=O)O. The number of carboxylic acids is 1. The molecule has 3 aromatic rings. The van der Waals surface area contributed by atoms with Crippen molar-refractivity contribution in [2.75, 3.05) is 0 Å². The first-order valence-corrected chi connectivity index (χ1v) is 6.82. The summed E-state index contributed by atoms with van der Waals surface area (Å²) >= 11 is 0. The summed E-state index contributed by atoms with van der Waals surface area (Å²) in [7, 11) is 0. The van der Waals surface area contributed by atoms with Crippen LogP contribution in [0.15, 0.2) is 60.3 Å². The van der Waals surface area contributed by atoms with Crippen molar-refractivity contribution in [2.45, 2.75) is 0 Å². The lowest BCUT2D eigenvalue weighted by molar-refractivity contribution is -0.132. The molecule has 0 aliphatic carbocycles. The monoisotopic (exact) mass is 306 g/mol. The smallest absolute Gasteiger partial charge is 0.346 e. The van der Waals surface area contributed by atoms with Gasteiger partial charge in [0.15, 0.2) is 0 Å². The highest BCUT2D eigenvalue weighted by Gasteiger charge is 2.14. The zero-order chi connectivity index (χ0) is 16.4. The average molecular weight is 306 g/mol. The second kappa shape index (κ2) is 5.78. The van der Waals surface area contributed by atoms with Gasteiger partial charge in [-0.25, -0.2) is 9.18 Å². The molecule has 0 bridgehead atoms. The molecule has 0 saturated heterocycles. The molecule has 112 valence electrons. The number of aromatic nitrogens is 1. The van der Waals surface area contributed by atoms with Crippen LogP contribution in [-0.2, 0) is 4.79 Å². The number of halogens is 1. The van der Waals surface area contributed by atoms with Gasteiger partial charge in [-0.05, 0) is 24.3 Å². The van der Waals surface area contributed by atoms with Gasteiger partial charge in [0.05, 0.1) is 5.52 Å². The van der Waals surface area contributed by atoms with Crippen LogP contribution in [0, 0.1) is 17.1 Å². The highest BCUT2D eigenvalue weighted by molar-refractivity contribution is 6.00. The zero-order valence-electron chi connectivity index (χ0n) is 11.9. The van der Waals surface area contributed by atoms with E-state index < -0.39 is 17.4 Å². The quantitative estimate of drug-likeness (QED) is 0.592. The third-order valence-electron chi connectivity index (χ3n) is 3.49. The van der Waals surface area contributed by atoms with Crippen LogP contribution in [0.3, 0.4) is 0 Å². The Kier molecular flexibility index (Phi) is 3.65. The van der Waals surface area contributed by atoms with Crippen LogP contribution in [-0.4, -0.2) is 15.6 Å². The molecule has 0 radical (unpaired) electrons. The number of benzene rings is 2. The van der Waals surface area contributed by atoms with E-state index in [9.17, 15) is 9.18 Å². The molecule has 0 saturated carbocycles. The second-order valence-corrected chi connectivity index (χ2v) is 4.90. The molecule has 0 atom stereocenters. The molecule has 0 amide bonds. The molecule has 1 heterocycles. The lowest BCUT2D eigenvalue weighted by Gasteiger charge is -2.05. The van der Waals surface area contributed by atoms with E-state index in [1.165, 1.54) is 12.1 Å². The number of hydrogen-bond acceptors (Lipinski definition) is 2. The molecule has 4 nitrogen and oxygen atoms in total. The van der Waals surface area contributed by atoms with E-state index in [1.807, 2.05) is 30.3 Å². The number of aliphatic carboxylic acids is 1. The van der Waals surface area contributed by atoms with Crippen molar-refractivity contribution in [3.63, 3.8) is 0 Å². The van der Waals surface area contributed by atoms with Gasteiger partial charge in [-0.2, -0.15) is 5.26 Å². The third kappa shape index (κ3) is 2.58. The summed E-state index contributed by atoms with van der Waals surface area (Å²) in [6.07, 6.45) is 2.88. The van der Waals surface area contributed by atoms with E-state index in [4.69, 9.17) is 10.4 Å². The number of rotatable bonds is 3. The predicted molar refractivity (Wildman–Crippen MR) is 84.5 cm³/mol. The number of nitrogens with zero attached hydrogens (tertiary/aromatic N) is 2. The lowest BCUT2D eigenvalue weighted by Crippen LogP contribution is -1.97. The van der Waals surface area contributed by atoms with Crippen molar-refractivity contribution < 1.29 is 14.3 Å². The topological polar surface area (TPSA) is 66.0 Å². The minimum Gasteiger partial charge on any atom is -0.477 e. The number of nitriles is 1. The van der Waals surface area contributed by atoms with E-state index in [0.717, 1.165) is 5.69 Å². The van der Waals surface area contributed by atoms with Gasteiger partial charge < -0.3 is 9.67 Å². The molecular formula is C18H11FN2O2. The molecule has 0 aliphatic rings. The zero-order valence-corrected chi connectivity index (χ0v) is 11.9. The Bertz CT molecular complexity index is 966. The van der Waals surface area contributed by atoms with Crippen LogP contribution in [0.1, 0.15) is 5.56 Å². The minimum absolute atomic E-state index is 0.340. The van der Waals surface area contributed by atoms with Gasteiger partial charge in [-0.3, -0.25) is 0 Å². The van der Waals surface area contributed by atoms with Crippen LogP contribution < -0.4 is 0 Å². The summed E-state index contributed by atoms with van der Waals surface area (Å²) in [6.45, 7) is 0. The number of carbonyl (C=O) groups is 1. The first kappa shape index (κ1) is 14.5. The van der Waals surface area contributed by atoms with Crippen LogP contribution in [0.25, 0.3) is 22.7 Å². The van der Waals surface area contributed by atoms with Crippen molar-refractivity contribution in [3.8, 4) is 11.8 Å². The molecular weight excluding hydrogens is 295 g/mol. The molecule has 1 aromatic heterocycles. The first-order chi connectivity index (χ1) is 11.1. The third-order valence-corrected chi connectivity index (χ3v) is 3.49. The average Bonchev–Trinajstić information content (AvgIpc) is 2.93. The van der Waals surface area contributed by atoms with E-state index in [0.29, 0.717) is 16.5 Å². The fraction of sp³-hybridized carbons (Fsp3) is 0. The number of hydrogen-bond donors (Lipinski definition) is 1. The summed E-state index contributed by atoms with van der Waals surface area (Å²) in [5.41, 5.74) is 1.16. The van der Waals surface area contributed by atoms with E-state index in [1.54, 1.807) is 29.0 Å².